The first-order valence-electron chi connectivity index (χ1n) is 5.66. The third kappa shape index (κ3) is 3.77. The van der Waals surface area contributed by atoms with Crippen LogP contribution in [0.1, 0.15) is 45.4 Å². The molecule has 0 saturated heterocycles. The van der Waals surface area contributed by atoms with E-state index in [4.69, 9.17) is 5.73 Å². The van der Waals surface area contributed by atoms with Crippen LogP contribution in [0.3, 0.4) is 0 Å². The average Bonchev–Trinajstić information content (AvgIpc) is 2.54. The molecule has 0 atom stereocenters. The van der Waals surface area contributed by atoms with Gasteiger partial charge in [0.25, 0.3) is 0 Å². The van der Waals surface area contributed by atoms with Gasteiger partial charge in [-0.05, 0) is 6.42 Å². The monoisotopic (exact) mass is 212 g/mol. The third-order valence-corrected chi connectivity index (χ3v) is 2.52. The molecule has 0 aromatic carbocycles. The predicted molar refractivity (Wildman–Crippen MR) is 60.6 cm³/mol. The van der Waals surface area contributed by atoms with Gasteiger partial charge in [-0.2, -0.15) is 0 Å². The molecule has 0 aliphatic heterocycles. The second kappa shape index (κ2) is 6.27. The van der Waals surface area contributed by atoms with Crippen LogP contribution in [0.15, 0.2) is 4.79 Å². The van der Waals surface area contributed by atoms with Gasteiger partial charge in [0.2, 0.25) is 5.95 Å². The fourth-order valence-corrected chi connectivity index (χ4v) is 1.60. The van der Waals surface area contributed by atoms with E-state index < -0.39 is 0 Å². The number of rotatable bonds is 7. The van der Waals surface area contributed by atoms with Crippen LogP contribution >= 0.6 is 0 Å². The number of aromatic amines is 1. The van der Waals surface area contributed by atoms with Gasteiger partial charge in [0, 0.05) is 6.54 Å². The van der Waals surface area contributed by atoms with Crippen LogP contribution in [-0.2, 0) is 6.54 Å². The van der Waals surface area contributed by atoms with E-state index in [1.54, 1.807) is 0 Å². The van der Waals surface area contributed by atoms with Gasteiger partial charge in [-0.25, -0.2) is 9.89 Å². The molecule has 1 aromatic rings. The molecule has 5 heteroatoms. The number of H-pyrrole nitrogens is 1. The number of unbranched alkanes of at least 4 members (excludes halogenated alkanes) is 5. The van der Waals surface area contributed by atoms with Crippen LogP contribution in [-0.4, -0.2) is 14.8 Å². The Morgan fingerprint density at radius 3 is 2.53 bits per heavy atom. The van der Waals surface area contributed by atoms with Crippen LogP contribution in [0.25, 0.3) is 0 Å². The Morgan fingerprint density at radius 1 is 1.27 bits per heavy atom. The van der Waals surface area contributed by atoms with E-state index in [0.29, 0.717) is 6.54 Å². The summed E-state index contributed by atoms with van der Waals surface area (Å²) in [5, 5.41) is 5.98. The normalized spacial score (nSPS) is 10.7. The Hall–Kier alpha value is -1.26. The number of nitrogens with zero attached hydrogens (tertiary/aromatic N) is 2. The van der Waals surface area contributed by atoms with Gasteiger partial charge in [0.05, 0.1) is 0 Å². The highest BCUT2D eigenvalue weighted by atomic mass is 16.1. The highest BCUT2D eigenvalue weighted by Crippen LogP contribution is 2.06. The summed E-state index contributed by atoms with van der Waals surface area (Å²) in [6, 6.07) is 0. The summed E-state index contributed by atoms with van der Waals surface area (Å²) in [7, 11) is 0. The summed E-state index contributed by atoms with van der Waals surface area (Å²) in [6.07, 6.45) is 7.22. The first-order chi connectivity index (χ1) is 7.25. The second-order valence-corrected chi connectivity index (χ2v) is 3.81. The van der Waals surface area contributed by atoms with E-state index in [-0.39, 0.29) is 11.6 Å². The minimum Gasteiger partial charge on any atom is -0.368 e. The fourth-order valence-electron chi connectivity index (χ4n) is 1.60. The summed E-state index contributed by atoms with van der Waals surface area (Å²) in [5.41, 5.74) is 5.32. The maximum absolute atomic E-state index is 11.2. The Morgan fingerprint density at radius 2 is 1.93 bits per heavy atom. The van der Waals surface area contributed by atoms with Crippen molar-refractivity contribution >= 4 is 5.95 Å². The van der Waals surface area contributed by atoms with Crippen molar-refractivity contribution in [2.45, 2.75) is 52.0 Å². The van der Waals surface area contributed by atoms with E-state index in [0.717, 1.165) is 12.8 Å². The van der Waals surface area contributed by atoms with Crippen molar-refractivity contribution in [1.29, 1.82) is 0 Å². The summed E-state index contributed by atoms with van der Waals surface area (Å²) >= 11 is 0. The number of aromatic nitrogens is 3. The molecule has 0 amide bonds. The number of nitrogen functional groups attached to an aromatic ring is 1. The molecule has 0 unspecified atom stereocenters. The van der Waals surface area contributed by atoms with Crippen molar-refractivity contribution in [1.82, 2.24) is 14.8 Å². The molecule has 0 saturated carbocycles. The minimum atomic E-state index is -0.207. The van der Waals surface area contributed by atoms with Crippen LogP contribution in [0.5, 0.6) is 0 Å². The quantitative estimate of drug-likeness (QED) is 0.673. The van der Waals surface area contributed by atoms with Gasteiger partial charge in [-0.15, -0.1) is 5.10 Å². The lowest BCUT2D eigenvalue weighted by Gasteiger charge is -2.02. The Balaban J connectivity index is 2.18. The molecule has 15 heavy (non-hydrogen) atoms. The van der Waals surface area contributed by atoms with E-state index >= 15 is 0 Å². The Bertz CT molecular complexity index is 328. The summed E-state index contributed by atoms with van der Waals surface area (Å²) < 4.78 is 1.49. The van der Waals surface area contributed by atoms with Gasteiger partial charge < -0.3 is 5.73 Å². The maximum Gasteiger partial charge on any atom is 0.344 e. The fraction of sp³-hybridized carbons (Fsp3) is 0.800. The number of hydrogen-bond donors (Lipinski definition) is 2. The SMILES string of the molecule is CCCCCCCCn1c(N)n[nH]c1=O. The molecule has 5 nitrogen and oxygen atoms in total. The largest absolute Gasteiger partial charge is 0.368 e. The summed E-state index contributed by atoms with van der Waals surface area (Å²) in [5.74, 6) is 0.286. The molecule has 0 fully saturated rings. The van der Waals surface area contributed by atoms with Crippen LogP contribution in [0, 0.1) is 0 Å². The molecule has 0 spiro atoms. The van der Waals surface area contributed by atoms with Crippen molar-refractivity contribution in [3.63, 3.8) is 0 Å². The van der Waals surface area contributed by atoms with Crippen LogP contribution in [0.2, 0.25) is 0 Å². The van der Waals surface area contributed by atoms with E-state index in [9.17, 15) is 4.79 Å². The summed E-state index contributed by atoms with van der Waals surface area (Å²) in [4.78, 5) is 11.2. The van der Waals surface area contributed by atoms with Gasteiger partial charge in [0.1, 0.15) is 0 Å². The predicted octanol–water partition coefficient (Wildman–Crippen LogP) is 1.51. The molecule has 1 aromatic heterocycles. The highest BCUT2D eigenvalue weighted by Gasteiger charge is 2.02. The number of nitrogens with two attached hydrogens (primary N) is 1. The third-order valence-electron chi connectivity index (χ3n) is 2.52. The molecular formula is C10H20N4O. The zero-order valence-electron chi connectivity index (χ0n) is 9.33. The lowest BCUT2D eigenvalue weighted by molar-refractivity contribution is 0.553. The van der Waals surface area contributed by atoms with Crippen molar-refractivity contribution < 1.29 is 0 Å². The second-order valence-electron chi connectivity index (χ2n) is 3.81. The lowest BCUT2D eigenvalue weighted by atomic mass is 10.1. The molecule has 86 valence electrons. The molecule has 0 bridgehead atoms. The molecule has 3 N–H and O–H groups in total. The topological polar surface area (TPSA) is 76.7 Å². The lowest BCUT2D eigenvalue weighted by Crippen LogP contribution is -2.18. The first-order valence-corrected chi connectivity index (χ1v) is 5.66. The van der Waals surface area contributed by atoms with Gasteiger partial charge in [0.15, 0.2) is 0 Å². The van der Waals surface area contributed by atoms with E-state index in [2.05, 4.69) is 17.1 Å². The molecular weight excluding hydrogens is 192 g/mol. The highest BCUT2D eigenvalue weighted by molar-refractivity contribution is 5.12. The molecule has 0 aliphatic carbocycles. The van der Waals surface area contributed by atoms with Crippen molar-refractivity contribution in [2.24, 2.45) is 0 Å². The Kier molecular flexibility index (Phi) is 4.93. The standard InChI is InChI=1S/C10H20N4O/c1-2-3-4-5-6-7-8-14-9(11)12-13-10(14)15/h2-8H2,1H3,(H2,11,12)(H,13,15). The minimum absolute atomic E-state index is 0.207. The molecule has 0 radical (unpaired) electrons. The van der Waals surface area contributed by atoms with Crippen LogP contribution < -0.4 is 11.4 Å². The maximum atomic E-state index is 11.2. The Labute approximate surface area is 89.7 Å². The molecule has 1 rings (SSSR count). The zero-order valence-corrected chi connectivity index (χ0v) is 9.33. The number of hydrogen-bond acceptors (Lipinski definition) is 3. The first kappa shape index (κ1) is 11.8. The number of anilines is 1. The van der Waals surface area contributed by atoms with E-state index in [1.165, 1.54) is 30.3 Å². The van der Waals surface area contributed by atoms with Gasteiger partial charge in [-0.3, -0.25) is 4.57 Å². The van der Waals surface area contributed by atoms with Gasteiger partial charge in [-0.1, -0.05) is 39.0 Å². The van der Waals surface area contributed by atoms with E-state index in [1.807, 2.05) is 0 Å². The molecule has 0 aliphatic rings. The van der Waals surface area contributed by atoms with Gasteiger partial charge >= 0.3 is 5.69 Å². The average molecular weight is 212 g/mol. The summed E-state index contributed by atoms with van der Waals surface area (Å²) in [6.45, 7) is 2.87. The smallest absolute Gasteiger partial charge is 0.344 e. The molecule has 1 heterocycles. The van der Waals surface area contributed by atoms with Crippen LogP contribution in [0.4, 0.5) is 5.95 Å². The van der Waals surface area contributed by atoms with Crippen molar-refractivity contribution in [3.05, 3.63) is 10.5 Å². The van der Waals surface area contributed by atoms with Crippen molar-refractivity contribution in [2.75, 3.05) is 5.73 Å². The zero-order chi connectivity index (χ0) is 11.1. The van der Waals surface area contributed by atoms with Crippen molar-refractivity contribution in [3.8, 4) is 0 Å². The number of nitrogens with one attached hydrogen (secondary N) is 1.